The zero-order valence-corrected chi connectivity index (χ0v) is 5.12. The molecule has 0 unspecified atom stereocenters. The molecule has 0 heterocycles. The molecule has 2 nitrogen and oxygen atoms in total. The number of allylic oxidation sites excluding steroid dienone is 4. The molecule has 1 aliphatic carbocycles. The highest BCUT2D eigenvalue weighted by Gasteiger charge is 2.11. The minimum absolute atomic E-state index is 0.120. The van der Waals surface area contributed by atoms with Gasteiger partial charge in [0.25, 0.3) is 0 Å². The molecule has 1 rings (SSSR count). The predicted octanol–water partition coefficient (Wildman–Crippen LogP) is 0.777. The third-order valence-corrected chi connectivity index (χ3v) is 1.87. The second-order valence-corrected chi connectivity index (χ2v) is 2.82. The van der Waals surface area contributed by atoms with Crippen LogP contribution in [0.3, 0.4) is 0 Å². The van der Waals surface area contributed by atoms with E-state index >= 15 is 0 Å². The molecule has 44 valence electrons. The monoisotopic (exact) mass is 130 g/mol. The van der Waals surface area contributed by atoms with Gasteiger partial charge in [0.05, 0.1) is 5.66 Å². The lowest BCUT2D eigenvalue weighted by molar-refractivity contribution is 0.480. The Kier molecular flexibility index (Phi) is 1.79. The Hall–Kier alpha value is -0.170. The lowest BCUT2D eigenvalue weighted by Crippen LogP contribution is -1.91. The molecule has 0 fully saturated rings. The van der Waals surface area contributed by atoms with E-state index in [9.17, 15) is 0 Å². The third-order valence-electron chi connectivity index (χ3n) is 0.994. The van der Waals surface area contributed by atoms with Crippen LogP contribution in [0.25, 0.3) is 0 Å². The average molecular weight is 130 g/mol. The summed E-state index contributed by atoms with van der Waals surface area (Å²) in [6.07, 6.45) is 7.16. The highest BCUT2D eigenvalue weighted by molar-refractivity contribution is 7.46. The van der Waals surface area contributed by atoms with Gasteiger partial charge in [-0.1, -0.05) is 24.3 Å². The first kappa shape index (κ1) is 5.96. The summed E-state index contributed by atoms with van der Waals surface area (Å²) in [7, 11) is -1.78. The maximum absolute atomic E-state index is 8.57. The summed E-state index contributed by atoms with van der Waals surface area (Å²) in [6.45, 7) is 0. The zero-order chi connectivity index (χ0) is 5.98. The van der Waals surface area contributed by atoms with Crippen molar-refractivity contribution in [2.75, 3.05) is 0 Å². The Morgan fingerprint density at radius 3 is 1.88 bits per heavy atom. The van der Waals surface area contributed by atoms with Crippen LogP contribution in [0.4, 0.5) is 0 Å². The molecular weight excluding hydrogens is 123 g/mol. The van der Waals surface area contributed by atoms with Gasteiger partial charge in [0.15, 0.2) is 8.38 Å². The standard InChI is InChI=1S/C5H7O2P/c6-8(7)5-3-1-2-4-5/h1-7H. The molecule has 0 aromatic rings. The predicted molar refractivity (Wildman–Crippen MR) is 33.4 cm³/mol. The van der Waals surface area contributed by atoms with E-state index < -0.39 is 8.38 Å². The highest BCUT2D eigenvalue weighted by Crippen LogP contribution is 2.34. The van der Waals surface area contributed by atoms with Crippen molar-refractivity contribution in [2.45, 2.75) is 5.66 Å². The minimum atomic E-state index is -1.78. The van der Waals surface area contributed by atoms with Crippen LogP contribution in [0.1, 0.15) is 0 Å². The molecule has 8 heavy (non-hydrogen) atoms. The van der Waals surface area contributed by atoms with E-state index in [-0.39, 0.29) is 5.66 Å². The van der Waals surface area contributed by atoms with E-state index in [1.807, 2.05) is 12.2 Å². The first-order valence-corrected chi connectivity index (χ1v) is 3.64. The van der Waals surface area contributed by atoms with Gasteiger partial charge in [-0.25, -0.2) is 0 Å². The molecule has 0 saturated carbocycles. The molecule has 0 radical (unpaired) electrons. The van der Waals surface area contributed by atoms with Gasteiger partial charge in [-0.05, 0) is 0 Å². The molecule has 0 aliphatic heterocycles. The number of hydrogen-bond donors (Lipinski definition) is 2. The quantitative estimate of drug-likeness (QED) is 0.515. The fourth-order valence-corrected chi connectivity index (χ4v) is 1.08. The molecule has 0 aromatic heterocycles. The maximum Gasteiger partial charge on any atom is 0.176 e. The minimum Gasteiger partial charge on any atom is -0.349 e. The fraction of sp³-hybridized carbons (Fsp3) is 0.200. The average Bonchev–Trinajstić information content (AvgIpc) is 2.12. The van der Waals surface area contributed by atoms with E-state index in [1.165, 1.54) is 0 Å². The summed E-state index contributed by atoms with van der Waals surface area (Å²) < 4.78 is 0. The van der Waals surface area contributed by atoms with Gasteiger partial charge in [-0.2, -0.15) is 0 Å². The normalized spacial score (nSPS) is 18.9. The lowest BCUT2D eigenvalue weighted by Gasteiger charge is -2.03. The van der Waals surface area contributed by atoms with Crippen LogP contribution >= 0.6 is 8.38 Å². The van der Waals surface area contributed by atoms with Crippen molar-refractivity contribution in [2.24, 2.45) is 0 Å². The molecule has 0 saturated heterocycles. The highest BCUT2D eigenvalue weighted by atomic mass is 31.2. The van der Waals surface area contributed by atoms with Gasteiger partial charge in [0.1, 0.15) is 0 Å². The molecule has 1 aliphatic rings. The van der Waals surface area contributed by atoms with Crippen LogP contribution in [0.2, 0.25) is 0 Å². The molecule has 0 aromatic carbocycles. The summed E-state index contributed by atoms with van der Waals surface area (Å²) in [5, 5.41) is 0. The van der Waals surface area contributed by atoms with Gasteiger partial charge < -0.3 is 9.79 Å². The van der Waals surface area contributed by atoms with Crippen LogP contribution in [0.5, 0.6) is 0 Å². The van der Waals surface area contributed by atoms with Crippen molar-refractivity contribution in [3.05, 3.63) is 24.3 Å². The van der Waals surface area contributed by atoms with E-state index in [4.69, 9.17) is 9.79 Å². The Balaban J connectivity index is 2.49. The van der Waals surface area contributed by atoms with Gasteiger partial charge in [0.2, 0.25) is 0 Å². The smallest absolute Gasteiger partial charge is 0.176 e. The molecule has 3 heteroatoms. The Bertz CT molecular complexity index is 116. The molecule has 0 spiro atoms. The first-order valence-electron chi connectivity index (χ1n) is 2.32. The molecule has 0 bridgehead atoms. The largest absolute Gasteiger partial charge is 0.349 e. The summed E-state index contributed by atoms with van der Waals surface area (Å²) >= 11 is 0. The van der Waals surface area contributed by atoms with E-state index in [2.05, 4.69) is 0 Å². The summed E-state index contributed by atoms with van der Waals surface area (Å²) in [4.78, 5) is 17.1. The molecule has 0 amide bonds. The van der Waals surface area contributed by atoms with Crippen LogP contribution in [0.15, 0.2) is 24.3 Å². The number of hydrogen-bond acceptors (Lipinski definition) is 2. The Morgan fingerprint density at radius 2 is 1.62 bits per heavy atom. The van der Waals surface area contributed by atoms with Gasteiger partial charge in [-0.15, -0.1) is 0 Å². The maximum atomic E-state index is 8.57. The topological polar surface area (TPSA) is 40.5 Å². The lowest BCUT2D eigenvalue weighted by atomic mass is 10.5. The van der Waals surface area contributed by atoms with Crippen molar-refractivity contribution in [1.29, 1.82) is 0 Å². The van der Waals surface area contributed by atoms with Gasteiger partial charge in [-0.3, -0.25) is 0 Å². The van der Waals surface area contributed by atoms with E-state index in [1.54, 1.807) is 12.2 Å². The van der Waals surface area contributed by atoms with Crippen LogP contribution in [-0.2, 0) is 0 Å². The summed E-state index contributed by atoms with van der Waals surface area (Å²) in [6, 6.07) is 0. The van der Waals surface area contributed by atoms with Crippen molar-refractivity contribution in [3.8, 4) is 0 Å². The summed E-state index contributed by atoms with van der Waals surface area (Å²) in [5.74, 6) is 0. The molecule has 2 N–H and O–H groups in total. The first-order chi connectivity index (χ1) is 3.80. The van der Waals surface area contributed by atoms with Crippen LogP contribution < -0.4 is 0 Å². The number of rotatable bonds is 1. The summed E-state index contributed by atoms with van der Waals surface area (Å²) in [5.41, 5.74) is -0.120. The van der Waals surface area contributed by atoms with Crippen molar-refractivity contribution >= 4 is 8.38 Å². The van der Waals surface area contributed by atoms with Crippen molar-refractivity contribution < 1.29 is 9.79 Å². The molecule has 0 atom stereocenters. The van der Waals surface area contributed by atoms with Crippen LogP contribution in [-0.4, -0.2) is 15.4 Å². The zero-order valence-electron chi connectivity index (χ0n) is 4.23. The van der Waals surface area contributed by atoms with E-state index in [0.29, 0.717) is 0 Å². The SMILES string of the molecule is OP(O)C1C=CC=C1. The van der Waals surface area contributed by atoms with Gasteiger partial charge >= 0.3 is 0 Å². The van der Waals surface area contributed by atoms with E-state index in [0.717, 1.165) is 0 Å². The Labute approximate surface area is 49.1 Å². The van der Waals surface area contributed by atoms with Crippen molar-refractivity contribution in [1.82, 2.24) is 0 Å². The molecular formula is C5H7O2P. The fourth-order valence-electron chi connectivity index (χ4n) is 0.574. The van der Waals surface area contributed by atoms with Crippen molar-refractivity contribution in [3.63, 3.8) is 0 Å². The second kappa shape index (κ2) is 2.40. The Morgan fingerprint density at radius 1 is 1.12 bits per heavy atom. The third kappa shape index (κ3) is 1.16. The van der Waals surface area contributed by atoms with Gasteiger partial charge in [0, 0.05) is 0 Å². The van der Waals surface area contributed by atoms with Crippen LogP contribution in [0, 0.1) is 0 Å². The second-order valence-electron chi connectivity index (χ2n) is 1.58.